The highest BCUT2D eigenvalue weighted by atomic mass is 16.5. The average Bonchev–Trinajstić information content (AvgIpc) is 2.28. The third-order valence-electron chi connectivity index (χ3n) is 2.32. The number of carbonyl (C=O) groups excluding carboxylic acids is 1. The maximum absolute atomic E-state index is 11.3. The van der Waals surface area contributed by atoms with E-state index >= 15 is 0 Å². The van der Waals surface area contributed by atoms with Gasteiger partial charge in [-0.15, -0.1) is 0 Å². The van der Waals surface area contributed by atoms with Crippen molar-refractivity contribution in [2.45, 2.75) is 12.8 Å². The molecule has 0 heterocycles. The third-order valence-corrected chi connectivity index (χ3v) is 2.32. The van der Waals surface area contributed by atoms with E-state index in [0.717, 1.165) is 0 Å². The van der Waals surface area contributed by atoms with Gasteiger partial charge < -0.3 is 15.2 Å². The normalized spacial score (nSPS) is 11.9. The summed E-state index contributed by atoms with van der Waals surface area (Å²) in [6.45, 7) is 1.57. The molecule has 0 aliphatic carbocycles. The van der Waals surface area contributed by atoms with E-state index in [2.05, 4.69) is 10.1 Å². The van der Waals surface area contributed by atoms with Crippen LogP contribution in [0.3, 0.4) is 0 Å². The van der Waals surface area contributed by atoms with Crippen molar-refractivity contribution < 1.29 is 19.4 Å². The van der Waals surface area contributed by atoms with Crippen molar-refractivity contribution in [3.8, 4) is 0 Å². The van der Waals surface area contributed by atoms with E-state index in [-0.39, 0.29) is 12.5 Å². The van der Waals surface area contributed by atoms with Gasteiger partial charge in [0.05, 0.1) is 5.92 Å². The van der Waals surface area contributed by atoms with Gasteiger partial charge in [0.1, 0.15) is 6.61 Å². The van der Waals surface area contributed by atoms with Crippen molar-refractivity contribution in [3.05, 3.63) is 29.8 Å². The van der Waals surface area contributed by atoms with Crippen LogP contribution >= 0.6 is 0 Å². The zero-order chi connectivity index (χ0) is 12.8. The van der Waals surface area contributed by atoms with Gasteiger partial charge in [0.2, 0.25) is 5.91 Å². The molecule has 0 radical (unpaired) electrons. The monoisotopic (exact) mass is 237 g/mol. The number of anilines is 1. The van der Waals surface area contributed by atoms with Gasteiger partial charge in [-0.1, -0.05) is 12.1 Å². The van der Waals surface area contributed by atoms with Crippen molar-refractivity contribution in [1.82, 2.24) is 0 Å². The molecule has 1 unspecified atom stereocenters. The summed E-state index contributed by atoms with van der Waals surface area (Å²) in [5.41, 5.74) is 1.21. The maximum atomic E-state index is 11.3. The number of carboxylic acids is 1. The largest absolute Gasteiger partial charge is 0.481 e. The van der Waals surface area contributed by atoms with Gasteiger partial charge in [-0.2, -0.15) is 0 Å². The summed E-state index contributed by atoms with van der Waals surface area (Å²) in [6, 6.07) is 6.76. The minimum absolute atomic E-state index is 0.0291. The molecule has 0 aliphatic heterocycles. The molecule has 17 heavy (non-hydrogen) atoms. The fraction of sp³-hybridized carbons (Fsp3) is 0.333. The van der Waals surface area contributed by atoms with Gasteiger partial charge in [-0.05, 0) is 24.6 Å². The van der Waals surface area contributed by atoms with Gasteiger partial charge in [0, 0.05) is 12.8 Å². The highest BCUT2D eigenvalue weighted by Gasteiger charge is 2.13. The molecule has 5 heteroatoms. The summed E-state index contributed by atoms with van der Waals surface area (Å²) in [6.07, 6.45) is 0. The highest BCUT2D eigenvalue weighted by Crippen LogP contribution is 2.19. The number of benzene rings is 1. The molecule has 0 fully saturated rings. The van der Waals surface area contributed by atoms with Crippen LogP contribution < -0.4 is 5.32 Å². The first-order valence-electron chi connectivity index (χ1n) is 5.16. The van der Waals surface area contributed by atoms with Crippen LogP contribution in [0.15, 0.2) is 24.3 Å². The molecule has 0 spiro atoms. The Morgan fingerprint density at radius 3 is 2.76 bits per heavy atom. The first kappa shape index (κ1) is 13.2. The summed E-state index contributed by atoms with van der Waals surface area (Å²) < 4.78 is 4.69. The van der Waals surface area contributed by atoms with E-state index in [1.807, 2.05) is 0 Å². The second kappa shape index (κ2) is 6.00. The molecule has 0 saturated heterocycles. The van der Waals surface area contributed by atoms with Gasteiger partial charge >= 0.3 is 5.97 Å². The smallest absolute Gasteiger partial charge is 0.310 e. The van der Waals surface area contributed by atoms with Crippen LogP contribution in [0.1, 0.15) is 18.4 Å². The van der Waals surface area contributed by atoms with Crippen LogP contribution in [0.5, 0.6) is 0 Å². The molecule has 1 amide bonds. The van der Waals surface area contributed by atoms with Crippen LogP contribution in [0.25, 0.3) is 0 Å². The highest BCUT2D eigenvalue weighted by molar-refractivity contribution is 5.91. The lowest BCUT2D eigenvalue weighted by Crippen LogP contribution is -2.17. The lowest BCUT2D eigenvalue weighted by molar-refractivity contribution is -0.138. The fourth-order valence-electron chi connectivity index (χ4n) is 1.36. The molecule has 1 rings (SSSR count). The summed E-state index contributed by atoms with van der Waals surface area (Å²) in [5, 5.41) is 11.5. The Labute approximate surface area is 99.4 Å². The number of carbonyl (C=O) groups is 2. The van der Waals surface area contributed by atoms with Gasteiger partial charge in [0.25, 0.3) is 0 Å². The van der Waals surface area contributed by atoms with Gasteiger partial charge in [-0.3, -0.25) is 9.59 Å². The van der Waals surface area contributed by atoms with Crippen molar-refractivity contribution in [1.29, 1.82) is 0 Å². The Bertz CT molecular complexity index is 417. The number of aliphatic carboxylic acids is 1. The molecule has 1 atom stereocenters. The summed E-state index contributed by atoms with van der Waals surface area (Å²) in [5.74, 6) is -1.77. The lowest BCUT2D eigenvalue weighted by Gasteiger charge is -2.09. The molecular weight excluding hydrogens is 222 g/mol. The van der Waals surface area contributed by atoms with Crippen LogP contribution in [-0.4, -0.2) is 30.7 Å². The standard InChI is InChI=1S/C12H15NO4/c1-8(12(15)16)9-4-3-5-10(6-9)13-11(14)7-17-2/h3-6,8H,7H2,1-2H3,(H,13,14)(H,15,16). The van der Waals surface area contributed by atoms with Crippen LogP contribution in [0, 0.1) is 0 Å². The minimum Gasteiger partial charge on any atom is -0.481 e. The second-order valence-corrected chi connectivity index (χ2v) is 3.67. The van der Waals surface area contributed by atoms with E-state index in [9.17, 15) is 9.59 Å². The van der Waals surface area contributed by atoms with E-state index in [1.165, 1.54) is 7.11 Å². The number of hydrogen-bond donors (Lipinski definition) is 2. The summed E-state index contributed by atoms with van der Waals surface area (Å²) >= 11 is 0. The Balaban J connectivity index is 2.79. The molecule has 0 aromatic heterocycles. The Hall–Kier alpha value is -1.88. The van der Waals surface area contributed by atoms with Crippen LogP contribution in [0.4, 0.5) is 5.69 Å². The Morgan fingerprint density at radius 2 is 2.18 bits per heavy atom. The number of amides is 1. The predicted molar refractivity (Wildman–Crippen MR) is 63.0 cm³/mol. The average molecular weight is 237 g/mol. The van der Waals surface area contributed by atoms with E-state index in [1.54, 1.807) is 31.2 Å². The molecule has 92 valence electrons. The van der Waals surface area contributed by atoms with Crippen molar-refractivity contribution in [3.63, 3.8) is 0 Å². The molecule has 0 saturated carbocycles. The van der Waals surface area contributed by atoms with E-state index in [4.69, 9.17) is 5.11 Å². The number of ether oxygens (including phenoxy) is 1. The molecule has 0 aliphatic rings. The number of methoxy groups -OCH3 is 1. The zero-order valence-corrected chi connectivity index (χ0v) is 9.77. The Morgan fingerprint density at radius 1 is 1.47 bits per heavy atom. The molecule has 0 bridgehead atoms. The molecule has 2 N–H and O–H groups in total. The van der Waals surface area contributed by atoms with E-state index in [0.29, 0.717) is 11.3 Å². The van der Waals surface area contributed by atoms with Crippen molar-refractivity contribution in [2.24, 2.45) is 0 Å². The molecule has 1 aromatic rings. The van der Waals surface area contributed by atoms with Crippen molar-refractivity contribution in [2.75, 3.05) is 19.0 Å². The number of carboxylic acid groups (broad SMARTS) is 1. The quantitative estimate of drug-likeness (QED) is 0.812. The van der Waals surface area contributed by atoms with Gasteiger partial charge in [-0.25, -0.2) is 0 Å². The SMILES string of the molecule is COCC(=O)Nc1cccc(C(C)C(=O)O)c1. The molecule has 1 aromatic carbocycles. The number of hydrogen-bond acceptors (Lipinski definition) is 3. The maximum Gasteiger partial charge on any atom is 0.310 e. The summed E-state index contributed by atoms with van der Waals surface area (Å²) in [7, 11) is 1.43. The third kappa shape index (κ3) is 3.88. The fourth-order valence-corrected chi connectivity index (χ4v) is 1.36. The van der Waals surface area contributed by atoms with Crippen LogP contribution in [-0.2, 0) is 14.3 Å². The zero-order valence-electron chi connectivity index (χ0n) is 9.77. The Kier molecular flexibility index (Phi) is 4.66. The number of rotatable bonds is 5. The summed E-state index contributed by atoms with van der Waals surface area (Å²) in [4.78, 5) is 22.1. The minimum atomic E-state index is -0.898. The molecular formula is C12H15NO4. The molecule has 5 nitrogen and oxygen atoms in total. The van der Waals surface area contributed by atoms with Crippen molar-refractivity contribution >= 4 is 17.6 Å². The second-order valence-electron chi connectivity index (χ2n) is 3.67. The van der Waals surface area contributed by atoms with Crippen LogP contribution in [0.2, 0.25) is 0 Å². The van der Waals surface area contributed by atoms with E-state index < -0.39 is 11.9 Å². The first-order chi connectivity index (χ1) is 8.04. The van der Waals surface area contributed by atoms with Gasteiger partial charge in [0.15, 0.2) is 0 Å². The topological polar surface area (TPSA) is 75.6 Å². The number of nitrogens with one attached hydrogen (secondary N) is 1. The predicted octanol–water partition coefficient (Wildman–Crippen LogP) is 1.46. The first-order valence-corrected chi connectivity index (χ1v) is 5.16. The lowest BCUT2D eigenvalue weighted by atomic mass is 10.0.